The van der Waals surface area contributed by atoms with Crippen LogP contribution < -0.4 is 5.32 Å². The largest absolute Gasteiger partial charge is 0.312 e. The summed E-state index contributed by atoms with van der Waals surface area (Å²) in [6, 6.07) is 0.682. The van der Waals surface area contributed by atoms with Crippen molar-refractivity contribution in [3.05, 3.63) is 17.5 Å². The Morgan fingerprint density at radius 1 is 1.45 bits per heavy atom. The van der Waals surface area contributed by atoms with E-state index in [-0.39, 0.29) is 5.41 Å². The average Bonchev–Trinajstić information content (AvgIpc) is 2.96. The maximum atomic E-state index is 4.20. The first kappa shape index (κ1) is 15.5. The van der Waals surface area contributed by atoms with Gasteiger partial charge in [0.15, 0.2) is 0 Å². The predicted molar refractivity (Wildman–Crippen MR) is 83.8 cm³/mol. The first-order valence-corrected chi connectivity index (χ1v) is 7.85. The van der Waals surface area contributed by atoms with Gasteiger partial charge in [0.2, 0.25) is 0 Å². The first-order valence-electron chi connectivity index (χ1n) is 7.85. The highest BCUT2D eigenvalue weighted by Gasteiger charge is 2.24. The summed E-state index contributed by atoms with van der Waals surface area (Å²) >= 11 is 0. The maximum absolute atomic E-state index is 4.20. The zero-order valence-corrected chi connectivity index (χ0v) is 13.7. The molecule has 1 aliphatic rings. The fraction of sp³-hybridized carbons (Fsp3) is 0.812. The lowest BCUT2D eigenvalue weighted by Crippen LogP contribution is -2.30. The Bertz CT molecular complexity index is 416. The van der Waals surface area contributed by atoms with E-state index in [0.29, 0.717) is 6.04 Å². The maximum Gasteiger partial charge on any atom is 0.0535 e. The van der Waals surface area contributed by atoms with Crippen LogP contribution in [0.15, 0.2) is 6.20 Å². The van der Waals surface area contributed by atoms with Crippen molar-refractivity contribution in [2.45, 2.75) is 59.0 Å². The van der Waals surface area contributed by atoms with Gasteiger partial charge < -0.3 is 10.2 Å². The molecule has 4 nitrogen and oxygen atoms in total. The van der Waals surface area contributed by atoms with Crippen LogP contribution in [0.2, 0.25) is 0 Å². The van der Waals surface area contributed by atoms with E-state index in [1.807, 2.05) is 6.20 Å². The summed E-state index contributed by atoms with van der Waals surface area (Å²) in [7, 11) is 0. The Labute approximate surface area is 123 Å². The molecule has 0 amide bonds. The number of likely N-dealkylation sites (tertiary alicyclic amines) is 1. The highest BCUT2D eigenvalue weighted by atomic mass is 15.2. The predicted octanol–water partition coefficient (Wildman–Crippen LogP) is 2.53. The summed E-state index contributed by atoms with van der Waals surface area (Å²) in [6.07, 6.45) is 3.28. The van der Waals surface area contributed by atoms with Crippen LogP contribution in [0.5, 0.6) is 0 Å². The van der Waals surface area contributed by atoms with Crippen LogP contribution in [-0.2, 0) is 12.0 Å². The molecular weight excluding hydrogens is 248 g/mol. The smallest absolute Gasteiger partial charge is 0.0535 e. The van der Waals surface area contributed by atoms with Gasteiger partial charge in [-0.1, -0.05) is 20.8 Å². The molecule has 0 unspecified atom stereocenters. The van der Waals surface area contributed by atoms with Gasteiger partial charge in [-0.05, 0) is 39.3 Å². The molecule has 1 fully saturated rings. The minimum atomic E-state index is 0.134. The van der Waals surface area contributed by atoms with Crippen molar-refractivity contribution in [1.29, 1.82) is 0 Å². The topological polar surface area (TPSA) is 44.0 Å². The van der Waals surface area contributed by atoms with Crippen LogP contribution in [0.4, 0.5) is 0 Å². The first-order chi connectivity index (χ1) is 9.38. The Morgan fingerprint density at radius 3 is 2.80 bits per heavy atom. The second-order valence-corrected chi connectivity index (χ2v) is 7.39. The van der Waals surface area contributed by atoms with Crippen LogP contribution >= 0.6 is 0 Å². The summed E-state index contributed by atoms with van der Waals surface area (Å²) in [6.45, 7) is 15.8. The number of hydrogen-bond acceptors (Lipinski definition) is 3. The zero-order chi connectivity index (χ0) is 14.8. The fourth-order valence-electron chi connectivity index (χ4n) is 3.00. The third-order valence-corrected chi connectivity index (χ3v) is 4.26. The van der Waals surface area contributed by atoms with Gasteiger partial charge in [-0.2, -0.15) is 5.10 Å². The minimum absolute atomic E-state index is 0.134. The molecule has 1 aromatic heterocycles. The molecule has 2 N–H and O–H groups in total. The fourth-order valence-corrected chi connectivity index (χ4v) is 3.00. The third-order valence-electron chi connectivity index (χ3n) is 4.26. The third kappa shape index (κ3) is 3.83. The molecule has 114 valence electrons. The van der Waals surface area contributed by atoms with Crippen molar-refractivity contribution in [3.8, 4) is 0 Å². The lowest BCUT2D eigenvalue weighted by molar-refractivity contribution is 0.264. The molecule has 1 aromatic rings. The molecule has 1 atom stereocenters. The van der Waals surface area contributed by atoms with Gasteiger partial charge in [0.1, 0.15) is 0 Å². The summed E-state index contributed by atoms with van der Waals surface area (Å²) in [5.74, 6) is 0.794. The van der Waals surface area contributed by atoms with E-state index in [9.17, 15) is 0 Å². The number of nitrogens with zero attached hydrogens (tertiary/aromatic N) is 2. The van der Waals surface area contributed by atoms with E-state index in [1.165, 1.54) is 30.8 Å². The summed E-state index contributed by atoms with van der Waals surface area (Å²) < 4.78 is 0. The van der Waals surface area contributed by atoms with E-state index in [1.54, 1.807) is 0 Å². The van der Waals surface area contributed by atoms with E-state index in [2.05, 4.69) is 55.0 Å². The van der Waals surface area contributed by atoms with Gasteiger partial charge in [0, 0.05) is 35.8 Å². The van der Waals surface area contributed by atoms with Gasteiger partial charge in [0.05, 0.1) is 6.20 Å². The number of aromatic nitrogens is 2. The second-order valence-electron chi connectivity index (χ2n) is 7.39. The number of nitrogens with one attached hydrogen (secondary N) is 2. The molecule has 2 rings (SSSR count). The van der Waals surface area contributed by atoms with E-state index >= 15 is 0 Å². The molecule has 0 bridgehead atoms. The van der Waals surface area contributed by atoms with Gasteiger partial charge in [-0.25, -0.2) is 0 Å². The van der Waals surface area contributed by atoms with Crippen LogP contribution in [-0.4, -0.2) is 40.8 Å². The SMILES string of the molecule is CC(C)N1CC[C@H](CNCc2cn[nH]c2C(C)(C)C)C1. The monoisotopic (exact) mass is 278 g/mol. The minimum Gasteiger partial charge on any atom is -0.312 e. The van der Waals surface area contributed by atoms with Gasteiger partial charge in [0.25, 0.3) is 0 Å². The molecule has 0 saturated carbocycles. The van der Waals surface area contributed by atoms with Crippen LogP contribution in [0.1, 0.15) is 52.3 Å². The number of rotatable bonds is 5. The summed E-state index contributed by atoms with van der Waals surface area (Å²) in [5.41, 5.74) is 2.69. The molecule has 0 radical (unpaired) electrons. The van der Waals surface area contributed by atoms with E-state index in [0.717, 1.165) is 19.0 Å². The van der Waals surface area contributed by atoms with Crippen molar-refractivity contribution in [1.82, 2.24) is 20.4 Å². The lowest BCUT2D eigenvalue weighted by atomic mass is 9.89. The molecule has 2 heterocycles. The van der Waals surface area contributed by atoms with Crippen LogP contribution in [0.25, 0.3) is 0 Å². The van der Waals surface area contributed by atoms with Crippen molar-refractivity contribution in [3.63, 3.8) is 0 Å². The second kappa shape index (κ2) is 6.27. The number of H-pyrrole nitrogens is 1. The normalized spacial score (nSPS) is 21.0. The van der Waals surface area contributed by atoms with Gasteiger partial charge in [-0.15, -0.1) is 0 Å². The quantitative estimate of drug-likeness (QED) is 0.870. The Balaban J connectivity index is 1.79. The summed E-state index contributed by atoms with van der Waals surface area (Å²) in [5, 5.41) is 11.0. The molecule has 20 heavy (non-hydrogen) atoms. The Hall–Kier alpha value is -0.870. The zero-order valence-electron chi connectivity index (χ0n) is 13.7. The van der Waals surface area contributed by atoms with Crippen molar-refractivity contribution >= 4 is 0 Å². The highest BCUT2D eigenvalue weighted by Crippen LogP contribution is 2.23. The number of aromatic amines is 1. The van der Waals surface area contributed by atoms with E-state index in [4.69, 9.17) is 0 Å². The lowest BCUT2D eigenvalue weighted by Gasteiger charge is -2.21. The van der Waals surface area contributed by atoms with Gasteiger partial charge >= 0.3 is 0 Å². The molecule has 0 aliphatic carbocycles. The van der Waals surface area contributed by atoms with Gasteiger partial charge in [-0.3, -0.25) is 5.10 Å². The number of hydrogen-bond donors (Lipinski definition) is 2. The van der Waals surface area contributed by atoms with Crippen molar-refractivity contribution < 1.29 is 0 Å². The molecule has 1 saturated heterocycles. The molecule has 0 spiro atoms. The van der Waals surface area contributed by atoms with Crippen LogP contribution in [0.3, 0.4) is 0 Å². The highest BCUT2D eigenvalue weighted by molar-refractivity contribution is 5.23. The Kier molecular flexibility index (Phi) is 4.86. The molecule has 0 aromatic carbocycles. The Morgan fingerprint density at radius 2 is 2.20 bits per heavy atom. The molecule has 4 heteroatoms. The van der Waals surface area contributed by atoms with E-state index < -0.39 is 0 Å². The molecular formula is C16H30N4. The van der Waals surface area contributed by atoms with Crippen LogP contribution in [0, 0.1) is 5.92 Å². The van der Waals surface area contributed by atoms with Crippen molar-refractivity contribution in [2.75, 3.05) is 19.6 Å². The summed E-state index contributed by atoms with van der Waals surface area (Å²) in [4.78, 5) is 2.57. The average molecular weight is 278 g/mol. The van der Waals surface area contributed by atoms with Crippen molar-refractivity contribution in [2.24, 2.45) is 5.92 Å². The molecule has 1 aliphatic heterocycles. The standard InChI is InChI=1S/C16H30N4/c1-12(2)20-7-6-13(11-20)8-17-9-14-10-18-19-15(14)16(3,4)5/h10,12-13,17H,6-9,11H2,1-5H3,(H,18,19)/t13-/m1/s1.